The molecule has 3 nitrogen and oxygen atoms in total. The van der Waals surface area contributed by atoms with Crippen LogP contribution in [0.1, 0.15) is 28.5 Å². The van der Waals surface area contributed by atoms with Gasteiger partial charge in [-0.3, -0.25) is 16.3 Å². The van der Waals surface area contributed by atoms with E-state index in [1.54, 1.807) is 11.3 Å². The molecule has 2 aromatic heterocycles. The first-order valence-corrected chi connectivity index (χ1v) is 7.18. The molecule has 0 spiro atoms. The number of nitrogens with one attached hydrogen (secondary N) is 1. The summed E-state index contributed by atoms with van der Waals surface area (Å²) in [6, 6.07) is 8.74. The first kappa shape index (κ1) is 11.8. The first-order chi connectivity index (χ1) is 8.88. The molecular weight excluding hydrogens is 242 g/mol. The number of pyridine rings is 1. The van der Waals surface area contributed by atoms with Gasteiger partial charge in [-0.1, -0.05) is 12.1 Å². The highest BCUT2D eigenvalue weighted by atomic mass is 32.1. The molecule has 94 valence electrons. The molecule has 18 heavy (non-hydrogen) atoms. The molecule has 1 aliphatic rings. The van der Waals surface area contributed by atoms with E-state index >= 15 is 0 Å². The minimum absolute atomic E-state index is 0.278. The van der Waals surface area contributed by atoms with Gasteiger partial charge in [0.1, 0.15) is 0 Å². The maximum atomic E-state index is 5.75. The largest absolute Gasteiger partial charge is 0.271 e. The van der Waals surface area contributed by atoms with E-state index in [1.165, 1.54) is 16.1 Å². The van der Waals surface area contributed by atoms with Crippen LogP contribution in [0.25, 0.3) is 0 Å². The van der Waals surface area contributed by atoms with Crippen molar-refractivity contribution >= 4 is 11.3 Å². The van der Waals surface area contributed by atoms with Crippen LogP contribution < -0.4 is 11.3 Å². The van der Waals surface area contributed by atoms with Gasteiger partial charge < -0.3 is 0 Å². The molecule has 2 unspecified atom stereocenters. The fourth-order valence-corrected chi connectivity index (χ4v) is 3.56. The summed E-state index contributed by atoms with van der Waals surface area (Å²) in [5.41, 5.74) is 5.61. The van der Waals surface area contributed by atoms with E-state index in [0.717, 1.165) is 19.3 Å². The normalized spacial score (nSPS) is 19.7. The Balaban J connectivity index is 1.81. The number of hydrogen-bond acceptors (Lipinski definition) is 4. The van der Waals surface area contributed by atoms with Crippen molar-refractivity contribution in [3.8, 4) is 0 Å². The van der Waals surface area contributed by atoms with Crippen LogP contribution in [0.15, 0.2) is 35.8 Å². The zero-order valence-electron chi connectivity index (χ0n) is 10.2. The number of aryl methyl sites for hydroxylation is 1. The second kappa shape index (κ2) is 5.18. The number of aromatic nitrogens is 1. The van der Waals surface area contributed by atoms with E-state index in [9.17, 15) is 0 Å². The standard InChI is InChI=1S/C14H17N3S/c15-17-13(9-11-4-2-8-18-11)12-6-5-10-3-1-7-16-14(10)12/h1-4,7-8,12-13,17H,5-6,9,15H2. The molecule has 0 saturated carbocycles. The Kier molecular flexibility index (Phi) is 3.41. The number of nitrogens with zero attached hydrogens (tertiary/aromatic N) is 1. The lowest BCUT2D eigenvalue weighted by Crippen LogP contribution is -2.40. The third-order valence-electron chi connectivity index (χ3n) is 3.70. The van der Waals surface area contributed by atoms with E-state index in [4.69, 9.17) is 5.84 Å². The quantitative estimate of drug-likeness (QED) is 0.654. The highest BCUT2D eigenvalue weighted by molar-refractivity contribution is 7.09. The van der Waals surface area contributed by atoms with E-state index in [0.29, 0.717) is 5.92 Å². The molecule has 2 aromatic rings. The lowest BCUT2D eigenvalue weighted by atomic mass is 9.94. The summed E-state index contributed by atoms with van der Waals surface area (Å²) < 4.78 is 0. The lowest BCUT2D eigenvalue weighted by Gasteiger charge is -2.22. The maximum Gasteiger partial charge on any atom is 0.0482 e. The third-order valence-corrected chi connectivity index (χ3v) is 4.60. The van der Waals surface area contributed by atoms with Crippen molar-refractivity contribution in [2.24, 2.45) is 5.84 Å². The van der Waals surface area contributed by atoms with Gasteiger partial charge in [0.05, 0.1) is 0 Å². The predicted octanol–water partition coefficient (Wildman–Crippen LogP) is 2.25. The summed E-state index contributed by atoms with van der Waals surface area (Å²) in [5, 5.41) is 2.11. The molecule has 4 heteroatoms. The Morgan fingerprint density at radius 3 is 3.17 bits per heavy atom. The van der Waals surface area contributed by atoms with Crippen LogP contribution in [-0.2, 0) is 12.8 Å². The highest BCUT2D eigenvalue weighted by Gasteiger charge is 2.30. The van der Waals surface area contributed by atoms with Gasteiger partial charge in [-0.2, -0.15) is 0 Å². The monoisotopic (exact) mass is 259 g/mol. The molecule has 2 heterocycles. The lowest BCUT2D eigenvalue weighted by molar-refractivity contribution is 0.431. The van der Waals surface area contributed by atoms with Crippen LogP contribution in [0.5, 0.6) is 0 Å². The third kappa shape index (κ3) is 2.19. The topological polar surface area (TPSA) is 50.9 Å². The van der Waals surface area contributed by atoms with E-state index in [1.807, 2.05) is 12.3 Å². The zero-order chi connectivity index (χ0) is 12.4. The van der Waals surface area contributed by atoms with Gasteiger partial charge in [0.15, 0.2) is 0 Å². The van der Waals surface area contributed by atoms with Crippen LogP contribution in [-0.4, -0.2) is 11.0 Å². The van der Waals surface area contributed by atoms with Gasteiger partial charge in [0.25, 0.3) is 0 Å². The summed E-state index contributed by atoms with van der Waals surface area (Å²) in [6.07, 6.45) is 5.13. The van der Waals surface area contributed by atoms with Gasteiger partial charge in [-0.15, -0.1) is 11.3 Å². The smallest absolute Gasteiger partial charge is 0.0482 e. The summed E-state index contributed by atoms with van der Waals surface area (Å²) in [4.78, 5) is 5.92. The number of hydrazine groups is 1. The summed E-state index contributed by atoms with van der Waals surface area (Å²) in [7, 11) is 0. The SMILES string of the molecule is NNC(Cc1cccs1)C1CCc2cccnc21. The second-order valence-electron chi connectivity index (χ2n) is 4.75. The average molecular weight is 259 g/mol. The van der Waals surface area contributed by atoms with Gasteiger partial charge in [-0.05, 0) is 42.3 Å². The number of nitrogens with two attached hydrogens (primary N) is 1. The van der Waals surface area contributed by atoms with Crippen molar-refractivity contribution in [2.45, 2.75) is 31.2 Å². The molecular formula is C14H17N3S. The summed E-state index contributed by atoms with van der Waals surface area (Å²) in [5.74, 6) is 6.19. The Morgan fingerprint density at radius 1 is 1.44 bits per heavy atom. The highest BCUT2D eigenvalue weighted by Crippen LogP contribution is 2.34. The first-order valence-electron chi connectivity index (χ1n) is 6.31. The predicted molar refractivity (Wildman–Crippen MR) is 74.4 cm³/mol. The fourth-order valence-electron chi connectivity index (χ4n) is 2.80. The van der Waals surface area contributed by atoms with Crippen molar-refractivity contribution in [1.29, 1.82) is 0 Å². The van der Waals surface area contributed by atoms with Crippen molar-refractivity contribution in [3.05, 3.63) is 52.0 Å². The molecule has 1 aliphatic carbocycles. The molecule has 0 saturated heterocycles. The minimum Gasteiger partial charge on any atom is -0.271 e. The number of rotatable bonds is 4. The minimum atomic E-state index is 0.278. The number of fused-ring (bicyclic) bond motifs is 1. The molecule has 3 rings (SSSR count). The van der Waals surface area contributed by atoms with Crippen LogP contribution in [0.4, 0.5) is 0 Å². The summed E-state index contributed by atoms with van der Waals surface area (Å²) in [6.45, 7) is 0. The molecule has 0 bridgehead atoms. The van der Waals surface area contributed by atoms with E-state index in [-0.39, 0.29) is 6.04 Å². The molecule has 2 atom stereocenters. The van der Waals surface area contributed by atoms with E-state index < -0.39 is 0 Å². The van der Waals surface area contributed by atoms with Crippen LogP contribution in [0.3, 0.4) is 0 Å². The van der Waals surface area contributed by atoms with Crippen LogP contribution >= 0.6 is 11.3 Å². The number of hydrogen-bond donors (Lipinski definition) is 2. The Hall–Kier alpha value is -1.23. The van der Waals surface area contributed by atoms with Gasteiger partial charge >= 0.3 is 0 Å². The van der Waals surface area contributed by atoms with Crippen molar-refractivity contribution in [2.75, 3.05) is 0 Å². The Bertz CT molecular complexity index is 510. The molecule has 0 aliphatic heterocycles. The van der Waals surface area contributed by atoms with Crippen molar-refractivity contribution in [1.82, 2.24) is 10.4 Å². The molecule has 3 N–H and O–H groups in total. The maximum absolute atomic E-state index is 5.75. The molecule has 0 fully saturated rings. The Morgan fingerprint density at radius 2 is 2.39 bits per heavy atom. The van der Waals surface area contributed by atoms with Crippen molar-refractivity contribution in [3.63, 3.8) is 0 Å². The van der Waals surface area contributed by atoms with E-state index in [2.05, 4.69) is 34.0 Å². The number of thiophene rings is 1. The summed E-state index contributed by atoms with van der Waals surface area (Å²) >= 11 is 1.79. The van der Waals surface area contributed by atoms with Gasteiger partial charge in [0.2, 0.25) is 0 Å². The zero-order valence-corrected chi connectivity index (χ0v) is 11.0. The van der Waals surface area contributed by atoms with Crippen LogP contribution in [0, 0.1) is 0 Å². The molecule has 0 aromatic carbocycles. The van der Waals surface area contributed by atoms with Gasteiger partial charge in [-0.25, -0.2) is 0 Å². The second-order valence-corrected chi connectivity index (χ2v) is 5.78. The van der Waals surface area contributed by atoms with Crippen molar-refractivity contribution < 1.29 is 0 Å². The van der Waals surface area contributed by atoms with Crippen LogP contribution in [0.2, 0.25) is 0 Å². The Labute approximate surface area is 111 Å². The molecule has 0 radical (unpaired) electrons. The van der Waals surface area contributed by atoms with Gasteiger partial charge in [0, 0.05) is 28.7 Å². The fraction of sp³-hybridized carbons (Fsp3) is 0.357. The molecule has 0 amide bonds. The average Bonchev–Trinajstić information content (AvgIpc) is 3.05.